The number of carboxylic acids is 1. The number of fused-ring (bicyclic) bond motifs is 1. The molecular weight excluding hydrogens is 220 g/mol. The summed E-state index contributed by atoms with van der Waals surface area (Å²) in [6.07, 6.45) is 3.22. The fraction of sp³-hybridized carbons (Fsp3) is 0.545. The van der Waals surface area contributed by atoms with Crippen molar-refractivity contribution in [2.45, 2.75) is 33.1 Å². The molecule has 0 spiro atoms. The normalized spacial score (nSPS) is 11.5. The lowest BCUT2D eigenvalue weighted by Gasteiger charge is -1.98. The van der Waals surface area contributed by atoms with E-state index >= 15 is 0 Å². The topological polar surface area (TPSA) is 83.3 Å². The quantitative estimate of drug-likeness (QED) is 0.819. The van der Waals surface area contributed by atoms with E-state index in [1.165, 1.54) is 0 Å². The number of rotatable bonds is 5. The van der Waals surface area contributed by atoms with Gasteiger partial charge in [0.1, 0.15) is 5.82 Å². The van der Waals surface area contributed by atoms with Crippen LogP contribution in [0.3, 0.4) is 0 Å². The first-order valence-electron chi connectivity index (χ1n) is 5.69. The molecule has 0 amide bonds. The van der Waals surface area contributed by atoms with Crippen LogP contribution >= 0.6 is 0 Å². The van der Waals surface area contributed by atoms with Crippen molar-refractivity contribution in [2.75, 3.05) is 0 Å². The summed E-state index contributed by atoms with van der Waals surface area (Å²) in [4.78, 5) is 19.1. The van der Waals surface area contributed by atoms with Gasteiger partial charge in [0, 0.05) is 12.8 Å². The van der Waals surface area contributed by atoms with Crippen LogP contribution in [0.25, 0.3) is 5.78 Å². The Balaban J connectivity index is 2.11. The number of aromatic nitrogens is 4. The van der Waals surface area contributed by atoms with Crippen molar-refractivity contribution < 1.29 is 9.90 Å². The summed E-state index contributed by atoms with van der Waals surface area (Å²) in [5.41, 5.74) is 0.752. The number of hydrogen-bond acceptors (Lipinski definition) is 3. The second kappa shape index (κ2) is 4.57. The van der Waals surface area contributed by atoms with E-state index in [4.69, 9.17) is 5.11 Å². The largest absolute Gasteiger partial charge is 0.481 e. The van der Waals surface area contributed by atoms with Crippen LogP contribution in [-0.2, 0) is 17.6 Å². The van der Waals surface area contributed by atoms with Crippen LogP contribution in [0, 0.1) is 5.92 Å². The zero-order valence-corrected chi connectivity index (χ0v) is 9.97. The fourth-order valence-electron chi connectivity index (χ4n) is 1.70. The van der Waals surface area contributed by atoms with Crippen molar-refractivity contribution in [1.82, 2.24) is 19.6 Å². The summed E-state index contributed by atoms with van der Waals surface area (Å²) in [6, 6.07) is 0. The van der Waals surface area contributed by atoms with Crippen LogP contribution in [0.2, 0.25) is 0 Å². The molecule has 0 saturated carbocycles. The zero-order valence-electron chi connectivity index (χ0n) is 9.97. The molecule has 0 fully saturated rings. The van der Waals surface area contributed by atoms with Crippen molar-refractivity contribution in [1.29, 1.82) is 0 Å². The van der Waals surface area contributed by atoms with Gasteiger partial charge in [-0.3, -0.25) is 9.89 Å². The minimum Gasteiger partial charge on any atom is -0.481 e. The monoisotopic (exact) mass is 236 g/mol. The van der Waals surface area contributed by atoms with E-state index in [1.54, 1.807) is 10.7 Å². The van der Waals surface area contributed by atoms with Gasteiger partial charge in [0.15, 0.2) is 0 Å². The van der Waals surface area contributed by atoms with Gasteiger partial charge in [-0.15, -0.1) is 0 Å². The van der Waals surface area contributed by atoms with Gasteiger partial charge in [0.25, 0.3) is 5.78 Å². The van der Waals surface area contributed by atoms with Crippen LogP contribution in [0.5, 0.6) is 0 Å². The van der Waals surface area contributed by atoms with Gasteiger partial charge in [-0.1, -0.05) is 13.8 Å². The standard InChI is InChI=1S/C11H16N4O2/c1-7(2)5-9-13-11-12-8(3-4-10(16)17)6-15(11)14-9/h6-7H,3-5H2,1-2H3,(H,16,17)(H,12,13,14). The van der Waals surface area contributed by atoms with E-state index in [1.807, 2.05) is 0 Å². The van der Waals surface area contributed by atoms with E-state index in [-0.39, 0.29) is 6.42 Å². The third-order valence-corrected chi connectivity index (χ3v) is 2.42. The SMILES string of the molecule is CC(C)Cc1nc2nc(CCC(=O)O)cn2[nH]1. The Labute approximate surface area is 98.7 Å². The van der Waals surface area contributed by atoms with Gasteiger partial charge in [-0.05, 0) is 5.92 Å². The molecule has 17 heavy (non-hydrogen) atoms. The summed E-state index contributed by atoms with van der Waals surface area (Å²) < 4.78 is 1.74. The number of nitrogens with one attached hydrogen (secondary N) is 1. The maximum atomic E-state index is 10.4. The summed E-state index contributed by atoms with van der Waals surface area (Å²) in [7, 11) is 0. The second-order valence-corrected chi connectivity index (χ2v) is 4.56. The van der Waals surface area contributed by atoms with Gasteiger partial charge in [-0.25, -0.2) is 9.50 Å². The average molecular weight is 236 g/mol. The number of aromatic amines is 1. The maximum absolute atomic E-state index is 10.4. The van der Waals surface area contributed by atoms with Crippen LogP contribution in [0.15, 0.2) is 6.20 Å². The second-order valence-electron chi connectivity index (χ2n) is 4.56. The molecule has 2 aromatic heterocycles. The van der Waals surface area contributed by atoms with Crippen molar-refractivity contribution in [3.63, 3.8) is 0 Å². The summed E-state index contributed by atoms with van der Waals surface area (Å²) in [5.74, 6) is 1.25. The molecule has 0 aliphatic rings. The first kappa shape index (κ1) is 11.6. The summed E-state index contributed by atoms with van der Waals surface area (Å²) in [5, 5.41) is 11.7. The molecule has 2 rings (SSSR count). The third kappa shape index (κ3) is 2.83. The van der Waals surface area contributed by atoms with Crippen molar-refractivity contribution in [3.8, 4) is 0 Å². The number of aryl methyl sites for hydroxylation is 1. The lowest BCUT2D eigenvalue weighted by Crippen LogP contribution is -1.99. The molecule has 0 radical (unpaired) electrons. The Morgan fingerprint density at radius 3 is 2.88 bits per heavy atom. The van der Waals surface area contributed by atoms with Crippen molar-refractivity contribution in [2.24, 2.45) is 5.92 Å². The van der Waals surface area contributed by atoms with Gasteiger partial charge in [-0.2, -0.15) is 4.98 Å². The number of H-pyrrole nitrogens is 1. The minimum atomic E-state index is -0.810. The molecule has 0 aromatic carbocycles. The van der Waals surface area contributed by atoms with E-state index in [0.717, 1.165) is 17.9 Å². The molecule has 92 valence electrons. The smallest absolute Gasteiger partial charge is 0.303 e. The van der Waals surface area contributed by atoms with E-state index in [2.05, 4.69) is 28.9 Å². The molecule has 2 N–H and O–H groups in total. The van der Waals surface area contributed by atoms with Crippen LogP contribution in [-0.4, -0.2) is 30.7 Å². The molecule has 6 nitrogen and oxygen atoms in total. The molecular formula is C11H16N4O2. The highest BCUT2D eigenvalue weighted by atomic mass is 16.4. The first-order chi connectivity index (χ1) is 8.04. The molecule has 0 aliphatic carbocycles. The Hall–Kier alpha value is -1.85. The number of hydrogen-bond donors (Lipinski definition) is 2. The Kier molecular flexibility index (Phi) is 3.12. The Bertz CT molecular complexity index is 495. The van der Waals surface area contributed by atoms with Crippen LogP contribution in [0.4, 0.5) is 0 Å². The first-order valence-corrected chi connectivity index (χ1v) is 5.69. The number of imidazole rings is 1. The molecule has 0 unspecified atom stereocenters. The molecule has 0 aliphatic heterocycles. The van der Waals surface area contributed by atoms with Crippen molar-refractivity contribution in [3.05, 3.63) is 17.7 Å². The number of nitrogens with zero attached hydrogens (tertiary/aromatic N) is 3. The number of aliphatic carboxylic acids is 1. The van der Waals surface area contributed by atoms with E-state index < -0.39 is 5.97 Å². The molecule has 6 heteroatoms. The van der Waals surface area contributed by atoms with Crippen molar-refractivity contribution >= 4 is 11.7 Å². The van der Waals surface area contributed by atoms with E-state index in [0.29, 0.717) is 18.1 Å². The molecule has 0 atom stereocenters. The molecule has 2 aromatic rings. The Morgan fingerprint density at radius 1 is 1.53 bits per heavy atom. The van der Waals surface area contributed by atoms with Gasteiger partial charge in [0.2, 0.25) is 0 Å². The highest BCUT2D eigenvalue weighted by Crippen LogP contribution is 2.08. The fourth-order valence-corrected chi connectivity index (χ4v) is 1.70. The molecule has 0 bridgehead atoms. The minimum absolute atomic E-state index is 0.0962. The summed E-state index contributed by atoms with van der Waals surface area (Å²) >= 11 is 0. The number of carbonyl (C=O) groups is 1. The lowest BCUT2D eigenvalue weighted by atomic mass is 10.1. The predicted molar refractivity (Wildman–Crippen MR) is 61.8 cm³/mol. The predicted octanol–water partition coefficient (Wildman–Crippen LogP) is 1.27. The van der Waals surface area contributed by atoms with Crippen LogP contribution in [0.1, 0.15) is 31.8 Å². The third-order valence-electron chi connectivity index (χ3n) is 2.42. The van der Waals surface area contributed by atoms with Crippen LogP contribution < -0.4 is 0 Å². The highest BCUT2D eigenvalue weighted by Gasteiger charge is 2.09. The van der Waals surface area contributed by atoms with Gasteiger partial charge >= 0.3 is 5.97 Å². The zero-order chi connectivity index (χ0) is 12.4. The average Bonchev–Trinajstić information content (AvgIpc) is 2.70. The van der Waals surface area contributed by atoms with Gasteiger partial charge < -0.3 is 5.11 Å². The van der Waals surface area contributed by atoms with E-state index in [9.17, 15) is 4.79 Å². The highest BCUT2D eigenvalue weighted by molar-refractivity contribution is 5.67. The summed E-state index contributed by atoms with van der Waals surface area (Å²) in [6.45, 7) is 4.26. The number of carboxylic acid groups (broad SMARTS) is 1. The maximum Gasteiger partial charge on any atom is 0.303 e. The Morgan fingerprint density at radius 2 is 2.29 bits per heavy atom. The molecule has 0 saturated heterocycles. The molecule has 2 heterocycles. The van der Waals surface area contributed by atoms with Gasteiger partial charge in [0.05, 0.1) is 18.3 Å². The lowest BCUT2D eigenvalue weighted by molar-refractivity contribution is -0.136.